The lowest BCUT2D eigenvalue weighted by Gasteiger charge is -2.18. The molecular weight excluding hydrogens is 949 g/mol. The lowest BCUT2D eigenvalue weighted by atomic mass is 10.1. The van der Waals surface area contributed by atoms with Crippen molar-refractivity contribution in [3.8, 4) is 0 Å². The normalized spacial score (nSPS) is 13.4. The van der Waals surface area contributed by atoms with Crippen molar-refractivity contribution in [3.05, 3.63) is 182 Å². The molecule has 428 valence electrons. The van der Waals surface area contributed by atoms with E-state index in [9.17, 15) is 14.4 Å². The van der Waals surface area contributed by atoms with Crippen LogP contribution in [0.3, 0.4) is 0 Å². The molecule has 0 N–H and O–H groups in total. The highest BCUT2D eigenvalue weighted by Gasteiger charge is 2.19. The second-order valence-corrected chi connectivity index (χ2v) is 19.1. The molecule has 0 aliphatic carbocycles. The molecule has 0 aliphatic rings. The Labute approximate surface area is 472 Å². The van der Waals surface area contributed by atoms with Crippen LogP contribution < -0.4 is 0 Å². The monoisotopic (exact) mass is 1060 g/mol. The number of carbonyl (C=O) groups excluding carboxylic acids is 3. The zero-order valence-electron chi connectivity index (χ0n) is 48.9. The van der Waals surface area contributed by atoms with E-state index in [1.54, 1.807) is 0 Å². The van der Waals surface area contributed by atoms with E-state index in [2.05, 4.69) is 203 Å². The maximum atomic E-state index is 12.8. The maximum Gasteiger partial charge on any atom is 0.306 e. The third kappa shape index (κ3) is 61.2. The molecule has 1 atom stereocenters. The van der Waals surface area contributed by atoms with Crippen molar-refractivity contribution < 1.29 is 28.6 Å². The van der Waals surface area contributed by atoms with Crippen LogP contribution in [0.15, 0.2) is 182 Å². The van der Waals surface area contributed by atoms with Gasteiger partial charge < -0.3 is 14.2 Å². The molecule has 1 unspecified atom stereocenters. The number of allylic oxidation sites excluding steroid dienone is 30. The first-order chi connectivity index (χ1) is 38.0. The summed E-state index contributed by atoms with van der Waals surface area (Å²) in [5.41, 5.74) is 0. The van der Waals surface area contributed by atoms with E-state index < -0.39 is 6.10 Å². The van der Waals surface area contributed by atoms with Gasteiger partial charge in [-0.15, -0.1) is 0 Å². The summed E-state index contributed by atoms with van der Waals surface area (Å²) < 4.78 is 16.8. The topological polar surface area (TPSA) is 78.9 Å². The number of hydrogen-bond donors (Lipinski definition) is 0. The van der Waals surface area contributed by atoms with Crippen LogP contribution in [-0.2, 0) is 28.6 Å². The molecule has 0 aromatic carbocycles. The first-order valence-corrected chi connectivity index (χ1v) is 30.3. The van der Waals surface area contributed by atoms with Crippen LogP contribution in [0, 0.1) is 0 Å². The molecule has 0 amide bonds. The highest BCUT2D eigenvalue weighted by atomic mass is 16.6. The molecule has 0 radical (unpaired) electrons. The van der Waals surface area contributed by atoms with Gasteiger partial charge in [-0.25, -0.2) is 0 Å². The second-order valence-electron chi connectivity index (χ2n) is 19.1. The van der Waals surface area contributed by atoms with Gasteiger partial charge >= 0.3 is 17.9 Å². The first kappa shape index (κ1) is 71.5. The van der Waals surface area contributed by atoms with Gasteiger partial charge in [-0.1, -0.05) is 242 Å². The Kier molecular flexibility index (Phi) is 58.6. The van der Waals surface area contributed by atoms with E-state index in [4.69, 9.17) is 14.2 Å². The molecule has 6 nitrogen and oxygen atoms in total. The average molecular weight is 1060 g/mol. The van der Waals surface area contributed by atoms with Crippen LogP contribution in [0.2, 0.25) is 0 Å². The molecule has 0 saturated carbocycles. The van der Waals surface area contributed by atoms with Gasteiger partial charge in [0.1, 0.15) is 13.2 Å². The van der Waals surface area contributed by atoms with Crippen LogP contribution in [0.5, 0.6) is 0 Å². The zero-order valence-corrected chi connectivity index (χ0v) is 48.9. The third-order valence-corrected chi connectivity index (χ3v) is 11.9. The molecule has 0 spiro atoms. The fraction of sp³-hybridized carbons (Fsp3) is 0.535. The Hall–Kier alpha value is -5.49. The summed E-state index contributed by atoms with van der Waals surface area (Å²) in [5, 5.41) is 0. The van der Waals surface area contributed by atoms with E-state index in [-0.39, 0.29) is 37.5 Å². The van der Waals surface area contributed by atoms with Crippen molar-refractivity contribution in [2.45, 2.75) is 232 Å². The molecule has 0 rings (SSSR count). The van der Waals surface area contributed by atoms with Crippen molar-refractivity contribution in [1.29, 1.82) is 0 Å². The molecule has 0 fully saturated rings. The minimum Gasteiger partial charge on any atom is -0.462 e. The maximum absolute atomic E-state index is 12.8. The molecular formula is C71H108O6. The van der Waals surface area contributed by atoms with Gasteiger partial charge in [-0.05, 0) is 148 Å². The van der Waals surface area contributed by atoms with Gasteiger partial charge in [0.05, 0.1) is 0 Å². The van der Waals surface area contributed by atoms with Crippen LogP contribution in [0.4, 0.5) is 0 Å². The van der Waals surface area contributed by atoms with Gasteiger partial charge in [0.15, 0.2) is 6.10 Å². The van der Waals surface area contributed by atoms with Crippen LogP contribution in [-0.4, -0.2) is 37.2 Å². The molecule has 0 saturated heterocycles. The number of rotatable bonds is 52. The molecule has 0 heterocycles. The Balaban J connectivity index is 4.49. The zero-order chi connectivity index (χ0) is 55.7. The standard InChI is InChI=1S/C71H108O6/c1-4-7-10-13-16-19-22-25-27-29-30-31-32-33-34-35-36-37-38-39-40-42-43-46-49-52-55-58-61-64-70(73)76-67-68(66-75-69(72)63-60-57-54-51-48-45-24-21-18-15-12-9-6-3)77-71(74)65-62-59-56-53-50-47-44-41-28-26-23-20-17-14-11-8-5-2/h7-8,10-12,15-17,19-21,24-28,30-31,33-34,36-37,39-40,43-44,46-47,53,56,68H,4-6,9,13-14,18,22-23,29,32,35,38,41-42,45,48-52,54-55,57-67H2,1-3H3/b10-7-,11-8-,15-12-,19-16-,20-17-,24-21-,27-25-,28-26-,31-30-,34-33-,37-36-,40-39-,46-43-,47-44-,56-53-. The SMILES string of the molecule is CC/C=C\C/C=C\C/C=C\C/C=C\C/C=C\C/C=C\C/C=C\C/C=C\CCCCCCC(=O)OCC(COC(=O)CCCCCCC/C=C\C/C=C\CCC)OC(=O)CCC/C=C\C/C=C\C/C=C\C/C=C\C/C=C\CC. The summed E-state index contributed by atoms with van der Waals surface area (Å²) in [6.07, 6.45) is 94.7. The Morgan fingerprint density at radius 2 is 0.519 bits per heavy atom. The van der Waals surface area contributed by atoms with Gasteiger partial charge in [-0.3, -0.25) is 14.4 Å². The lowest BCUT2D eigenvalue weighted by molar-refractivity contribution is -0.167. The Morgan fingerprint density at radius 1 is 0.273 bits per heavy atom. The fourth-order valence-corrected chi connectivity index (χ4v) is 7.41. The molecule has 0 aliphatic heterocycles. The van der Waals surface area contributed by atoms with Crippen molar-refractivity contribution in [2.75, 3.05) is 13.2 Å². The number of ether oxygens (including phenoxy) is 3. The fourth-order valence-electron chi connectivity index (χ4n) is 7.41. The summed E-state index contributed by atoms with van der Waals surface area (Å²) in [7, 11) is 0. The van der Waals surface area contributed by atoms with Crippen molar-refractivity contribution in [1.82, 2.24) is 0 Å². The Bertz CT molecular complexity index is 1840. The number of carbonyl (C=O) groups is 3. The van der Waals surface area contributed by atoms with Gasteiger partial charge in [0, 0.05) is 19.3 Å². The lowest BCUT2D eigenvalue weighted by Crippen LogP contribution is -2.30. The summed E-state index contributed by atoms with van der Waals surface area (Å²) in [4.78, 5) is 38.2. The van der Waals surface area contributed by atoms with Crippen molar-refractivity contribution in [2.24, 2.45) is 0 Å². The van der Waals surface area contributed by atoms with E-state index in [0.29, 0.717) is 19.3 Å². The van der Waals surface area contributed by atoms with Crippen LogP contribution >= 0.6 is 0 Å². The first-order valence-electron chi connectivity index (χ1n) is 30.3. The minimum atomic E-state index is -0.836. The molecule has 0 aromatic rings. The second kappa shape index (κ2) is 63.0. The molecule has 0 bridgehead atoms. The van der Waals surface area contributed by atoms with E-state index >= 15 is 0 Å². The quantitative estimate of drug-likeness (QED) is 0.0261. The number of unbranched alkanes of at least 4 members (excludes halogenated alkanes) is 11. The Morgan fingerprint density at radius 3 is 0.831 bits per heavy atom. The van der Waals surface area contributed by atoms with Gasteiger partial charge in [-0.2, -0.15) is 0 Å². The third-order valence-electron chi connectivity index (χ3n) is 11.9. The summed E-state index contributed by atoms with van der Waals surface area (Å²) in [6.45, 7) is 6.24. The molecule has 77 heavy (non-hydrogen) atoms. The largest absolute Gasteiger partial charge is 0.462 e. The summed E-state index contributed by atoms with van der Waals surface area (Å²) in [6, 6.07) is 0. The van der Waals surface area contributed by atoms with E-state index in [0.717, 1.165) is 173 Å². The van der Waals surface area contributed by atoms with Crippen molar-refractivity contribution >= 4 is 17.9 Å². The molecule has 0 aromatic heterocycles. The highest BCUT2D eigenvalue weighted by Crippen LogP contribution is 2.12. The van der Waals surface area contributed by atoms with E-state index in [1.165, 1.54) is 6.42 Å². The van der Waals surface area contributed by atoms with Gasteiger partial charge in [0.25, 0.3) is 0 Å². The van der Waals surface area contributed by atoms with Gasteiger partial charge in [0.2, 0.25) is 0 Å². The summed E-state index contributed by atoms with van der Waals surface area (Å²) >= 11 is 0. The smallest absolute Gasteiger partial charge is 0.306 e. The van der Waals surface area contributed by atoms with Crippen LogP contribution in [0.25, 0.3) is 0 Å². The predicted molar refractivity (Wildman–Crippen MR) is 334 cm³/mol. The minimum absolute atomic E-state index is 0.126. The summed E-state index contributed by atoms with van der Waals surface area (Å²) in [5.74, 6) is -1.04. The number of esters is 3. The highest BCUT2D eigenvalue weighted by molar-refractivity contribution is 5.71. The van der Waals surface area contributed by atoms with E-state index in [1.807, 2.05) is 0 Å². The average Bonchev–Trinajstić information content (AvgIpc) is 3.43. The van der Waals surface area contributed by atoms with Crippen LogP contribution in [0.1, 0.15) is 226 Å². The molecule has 6 heteroatoms. The number of hydrogen-bond acceptors (Lipinski definition) is 6. The van der Waals surface area contributed by atoms with Crippen molar-refractivity contribution in [3.63, 3.8) is 0 Å². The predicted octanol–water partition coefficient (Wildman–Crippen LogP) is 20.9.